The van der Waals surface area contributed by atoms with Gasteiger partial charge in [-0.25, -0.2) is 0 Å². The maximum Gasteiger partial charge on any atom is 0.244 e. The molecular weight excluding hydrogens is 206 g/mol. The minimum atomic E-state index is -0.226. The van der Waals surface area contributed by atoms with E-state index in [1.807, 2.05) is 20.8 Å². The summed E-state index contributed by atoms with van der Waals surface area (Å²) in [5.41, 5.74) is 5.95. The van der Waals surface area contributed by atoms with Crippen LogP contribution in [0.4, 0.5) is 0 Å². The standard InChI is InChI=1S/C11H21N3O2/c1-11(2,3)9(12)10-13-8(14-16-10)6-5-7-15-4/h9H,5-7,12H2,1-4H3/t9-/m0/s1. The molecule has 0 aromatic carbocycles. The summed E-state index contributed by atoms with van der Waals surface area (Å²) in [6.45, 7) is 6.85. The first-order chi connectivity index (χ1) is 7.45. The molecule has 1 rings (SSSR count). The number of nitrogens with two attached hydrogens (primary N) is 1. The Morgan fingerprint density at radius 1 is 1.44 bits per heavy atom. The van der Waals surface area contributed by atoms with Crippen molar-refractivity contribution in [3.8, 4) is 0 Å². The molecule has 1 aromatic heterocycles. The van der Waals surface area contributed by atoms with Gasteiger partial charge in [0.15, 0.2) is 5.82 Å². The van der Waals surface area contributed by atoms with Crippen molar-refractivity contribution >= 4 is 0 Å². The average molecular weight is 227 g/mol. The molecule has 5 heteroatoms. The van der Waals surface area contributed by atoms with E-state index < -0.39 is 0 Å². The molecular formula is C11H21N3O2. The molecule has 0 aliphatic heterocycles. The van der Waals surface area contributed by atoms with Crippen molar-refractivity contribution in [1.82, 2.24) is 10.1 Å². The van der Waals surface area contributed by atoms with Crippen LogP contribution in [0.5, 0.6) is 0 Å². The Kier molecular flexibility index (Phi) is 4.44. The molecule has 0 saturated heterocycles. The molecule has 2 N–H and O–H groups in total. The first-order valence-electron chi connectivity index (χ1n) is 5.52. The van der Waals surface area contributed by atoms with Gasteiger partial charge in [0.05, 0.1) is 6.04 Å². The van der Waals surface area contributed by atoms with Gasteiger partial charge in [-0.05, 0) is 11.8 Å². The number of methoxy groups -OCH3 is 1. The van der Waals surface area contributed by atoms with Crippen LogP contribution in [0.25, 0.3) is 0 Å². The lowest BCUT2D eigenvalue weighted by molar-refractivity contribution is 0.194. The van der Waals surface area contributed by atoms with Crippen molar-refractivity contribution in [2.24, 2.45) is 11.1 Å². The first-order valence-corrected chi connectivity index (χ1v) is 5.52. The molecule has 0 radical (unpaired) electrons. The zero-order chi connectivity index (χ0) is 12.2. The monoisotopic (exact) mass is 227 g/mol. The van der Waals surface area contributed by atoms with Gasteiger partial charge < -0.3 is 15.0 Å². The summed E-state index contributed by atoms with van der Waals surface area (Å²) in [5.74, 6) is 1.21. The van der Waals surface area contributed by atoms with Crippen LogP contribution in [0.2, 0.25) is 0 Å². The minimum Gasteiger partial charge on any atom is -0.385 e. The molecule has 0 saturated carbocycles. The molecule has 16 heavy (non-hydrogen) atoms. The fourth-order valence-corrected chi connectivity index (χ4v) is 1.24. The normalized spacial score (nSPS) is 14.1. The maximum atomic E-state index is 6.02. The SMILES string of the molecule is COCCCc1noc([C@H](N)C(C)(C)C)n1. The Morgan fingerprint density at radius 2 is 2.12 bits per heavy atom. The summed E-state index contributed by atoms with van der Waals surface area (Å²) in [5, 5.41) is 3.90. The second-order valence-electron chi connectivity index (χ2n) is 4.99. The van der Waals surface area contributed by atoms with E-state index in [2.05, 4.69) is 10.1 Å². The third-order valence-corrected chi connectivity index (χ3v) is 2.43. The Labute approximate surface area is 96.4 Å². The highest BCUT2D eigenvalue weighted by molar-refractivity contribution is 4.96. The van der Waals surface area contributed by atoms with Gasteiger partial charge in [-0.3, -0.25) is 0 Å². The average Bonchev–Trinajstić information content (AvgIpc) is 2.64. The highest BCUT2D eigenvalue weighted by Crippen LogP contribution is 2.29. The lowest BCUT2D eigenvalue weighted by Gasteiger charge is -2.23. The van der Waals surface area contributed by atoms with Crippen LogP contribution in [0.15, 0.2) is 4.52 Å². The summed E-state index contributed by atoms with van der Waals surface area (Å²) in [7, 11) is 1.68. The summed E-state index contributed by atoms with van der Waals surface area (Å²) >= 11 is 0. The Bertz CT molecular complexity index is 317. The molecule has 92 valence electrons. The number of ether oxygens (including phenoxy) is 1. The molecule has 0 unspecified atom stereocenters. The highest BCUT2D eigenvalue weighted by atomic mass is 16.5. The molecule has 1 aromatic rings. The fourth-order valence-electron chi connectivity index (χ4n) is 1.24. The molecule has 0 fully saturated rings. The number of aromatic nitrogens is 2. The second-order valence-corrected chi connectivity index (χ2v) is 4.99. The van der Waals surface area contributed by atoms with Crippen molar-refractivity contribution in [3.05, 3.63) is 11.7 Å². The van der Waals surface area contributed by atoms with E-state index in [-0.39, 0.29) is 11.5 Å². The van der Waals surface area contributed by atoms with Crippen LogP contribution in [-0.4, -0.2) is 23.9 Å². The molecule has 0 amide bonds. The number of aryl methyl sites for hydroxylation is 1. The largest absolute Gasteiger partial charge is 0.385 e. The van der Waals surface area contributed by atoms with E-state index in [0.717, 1.165) is 12.8 Å². The van der Waals surface area contributed by atoms with Crippen LogP contribution >= 0.6 is 0 Å². The number of hydrogen-bond acceptors (Lipinski definition) is 5. The van der Waals surface area contributed by atoms with Crippen LogP contribution in [0, 0.1) is 5.41 Å². The molecule has 0 bridgehead atoms. The molecule has 1 atom stereocenters. The van der Waals surface area contributed by atoms with E-state index in [1.165, 1.54) is 0 Å². The van der Waals surface area contributed by atoms with Crippen LogP contribution in [0.1, 0.15) is 44.9 Å². The number of rotatable bonds is 5. The van der Waals surface area contributed by atoms with Crippen molar-refractivity contribution in [2.75, 3.05) is 13.7 Å². The molecule has 0 spiro atoms. The minimum absolute atomic E-state index is 0.0731. The Hall–Kier alpha value is -0.940. The van der Waals surface area contributed by atoms with Gasteiger partial charge in [0, 0.05) is 20.1 Å². The van der Waals surface area contributed by atoms with Crippen LogP contribution in [0.3, 0.4) is 0 Å². The van der Waals surface area contributed by atoms with Gasteiger partial charge in [0.1, 0.15) is 0 Å². The van der Waals surface area contributed by atoms with Gasteiger partial charge in [-0.15, -0.1) is 0 Å². The van der Waals surface area contributed by atoms with Crippen LogP contribution < -0.4 is 5.73 Å². The topological polar surface area (TPSA) is 74.2 Å². The zero-order valence-electron chi connectivity index (χ0n) is 10.5. The molecule has 1 heterocycles. The van der Waals surface area contributed by atoms with Crippen molar-refractivity contribution in [2.45, 2.75) is 39.7 Å². The van der Waals surface area contributed by atoms with Crippen LogP contribution in [-0.2, 0) is 11.2 Å². The number of nitrogens with zero attached hydrogens (tertiary/aromatic N) is 2. The first kappa shape index (κ1) is 13.1. The van der Waals surface area contributed by atoms with Gasteiger partial charge >= 0.3 is 0 Å². The lowest BCUT2D eigenvalue weighted by atomic mass is 9.87. The third-order valence-electron chi connectivity index (χ3n) is 2.43. The van der Waals surface area contributed by atoms with Crippen molar-refractivity contribution < 1.29 is 9.26 Å². The van der Waals surface area contributed by atoms with E-state index in [4.69, 9.17) is 15.0 Å². The fraction of sp³-hybridized carbons (Fsp3) is 0.818. The molecule has 5 nitrogen and oxygen atoms in total. The van der Waals surface area contributed by atoms with E-state index in [0.29, 0.717) is 18.3 Å². The van der Waals surface area contributed by atoms with Gasteiger partial charge in [0.2, 0.25) is 5.89 Å². The van der Waals surface area contributed by atoms with Gasteiger partial charge in [-0.1, -0.05) is 25.9 Å². The Morgan fingerprint density at radius 3 is 2.69 bits per heavy atom. The van der Waals surface area contributed by atoms with Crippen molar-refractivity contribution in [3.63, 3.8) is 0 Å². The van der Waals surface area contributed by atoms with E-state index in [9.17, 15) is 0 Å². The summed E-state index contributed by atoms with van der Waals surface area (Å²) in [4.78, 5) is 4.29. The molecule has 0 aliphatic carbocycles. The highest BCUT2D eigenvalue weighted by Gasteiger charge is 2.27. The maximum absolute atomic E-state index is 6.02. The zero-order valence-corrected chi connectivity index (χ0v) is 10.5. The third kappa shape index (κ3) is 3.57. The predicted molar refractivity (Wildman–Crippen MR) is 60.9 cm³/mol. The summed E-state index contributed by atoms with van der Waals surface area (Å²) in [6.07, 6.45) is 1.65. The van der Waals surface area contributed by atoms with Gasteiger partial charge in [-0.2, -0.15) is 4.98 Å². The smallest absolute Gasteiger partial charge is 0.244 e. The Balaban J connectivity index is 2.57. The quantitative estimate of drug-likeness (QED) is 0.775. The molecule has 0 aliphatic rings. The number of hydrogen-bond donors (Lipinski definition) is 1. The van der Waals surface area contributed by atoms with Gasteiger partial charge in [0.25, 0.3) is 0 Å². The van der Waals surface area contributed by atoms with Crippen molar-refractivity contribution in [1.29, 1.82) is 0 Å². The van der Waals surface area contributed by atoms with E-state index in [1.54, 1.807) is 7.11 Å². The second kappa shape index (κ2) is 5.41. The summed E-state index contributed by atoms with van der Waals surface area (Å²) < 4.78 is 10.1. The lowest BCUT2D eigenvalue weighted by Crippen LogP contribution is -2.26. The predicted octanol–water partition coefficient (Wildman–Crippen LogP) is 1.69. The summed E-state index contributed by atoms with van der Waals surface area (Å²) in [6, 6.07) is -0.226. The van der Waals surface area contributed by atoms with E-state index >= 15 is 0 Å².